The molecule has 1 amide bonds. The molecule has 2 saturated heterocycles. The predicted molar refractivity (Wildman–Crippen MR) is 108 cm³/mol. The molecule has 0 aliphatic carbocycles. The van der Waals surface area contributed by atoms with E-state index in [4.69, 9.17) is 11.6 Å². The minimum atomic E-state index is -0.136. The van der Waals surface area contributed by atoms with Crippen LogP contribution in [0.1, 0.15) is 42.1 Å². The Balaban J connectivity index is 1.37. The Kier molecular flexibility index (Phi) is 5.25. The normalized spacial score (nSPS) is 22.3. The standard InChI is InChI=1S/C21H25ClN4O2/c1-2-19(27)17-11-23-26(13-17)20(28)25-10-8-21(15-25)7-9-24(14-21)12-16-3-5-18(22)6-4-16/h3-6,11,13H,2,7-10,12,14-15H2,1H3. The summed E-state index contributed by atoms with van der Waals surface area (Å²) in [4.78, 5) is 28.9. The van der Waals surface area contributed by atoms with Crippen LogP contribution in [0.2, 0.25) is 5.02 Å². The van der Waals surface area contributed by atoms with Crippen LogP contribution in [0.25, 0.3) is 0 Å². The molecule has 148 valence electrons. The summed E-state index contributed by atoms with van der Waals surface area (Å²) < 4.78 is 1.31. The van der Waals surface area contributed by atoms with Crippen molar-refractivity contribution in [2.24, 2.45) is 5.41 Å². The Labute approximate surface area is 170 Å². The minimum Gasteiger partial charge on any atom is -0.322 e. The number of carbonyl (C=O) groups is 2. The van der Waals surface area contributed by atoms with Crippen molar-refractivity contribution in [3.8, 4) is 0 Å². The van der Waals surface area contributed by atoms with Crippen LogP contribution in [0, 0.1) is 5.41 Å². The second kappa shape index (κ2) is 7.68. The highest BCUT2D eigenvalue weighted by molar-refractivity contribution is 6.30. The van der Waals surface area contributed by atoms with Gasteiger partial charge in [-0.25, -0.2) is 4.79 Å². The highest BCUT2D eigenvalue weighted by Gasteiger charge is 2.45. The van der Waals surface area contributed by atoms with Crippen molar-refractivity contribution < 1.29 is 9.59 Å². The van der Waals surface area contributed by atoms with E-state index < -0.39 is 0 Å². The lowest BCUT2D eigenvalue weighted by atomic mass is 9.86. The molecule has 7 heteroatoms. The smallest absolute Gasteiger partial charge is 0.322 e. The molecule has 28 heavy (non-hydrogen) atoms. The first kappa shape index (κ1) is 19.2. The number of carbonyl (C=O) groups excluding carboxylic acids is 2. The summed E-state index contributed by atoms with van der Waals surface area (Å²) in [6, 6.07) is 7.87. The number of hydrogen-bond donors (Lipinski definition) is 0. The molecule has 1 spiro atoms. The number of Topliss-reactive ketones (excluding diaryl/α,β-unsaturated/α-hetero) is 1. The zero-order chi connectivity index (χ0) is 19.7. The van der Waals surface area contributed by atoms with E-state index in [1.807, 2.05) is 24.0 Å². The van der Waals surface area contributed by atoms with E-state index >= 15 is 0 Å². The third-order valence-electron chi connectivity index (χ3n) is 5.97. The van der Waals surface area contributed by atoms with Gasteiger partial charge in [0.25, 0.3) is 0 Å². The van der Waals surface area contributed by atoms with Crippen LogP contribution in [0.5, 0.6) is 0 Å². The van der Waals surface area contributed by atoms with Gasteiger partial charge in [0, 0.05) is 49.2 Å². The van der Waals surface area contributed by atoms with Crippen LogP contribution < -0.4 is 0 Å². The lowest BCUT2D eigenvalue weighted by molar-refractivity contribution is 0.0988. The van der Waals surface area contributed by atoms with Crippen molar-refractivity contribution in [3.05, 3.63) is 52.8 Å². The zero-order valence-corrected chi connectivity index (χ0v) is 16.9. The number of halogens is 1. The number of benzene rings is 1. The third kappa shape index (κ3) is 3.84. The molecule has 0 bridgehead atoms. The van der Waals surface area contributed by atoms with Gasteiger partial charge in [0.1, 0.15) is 0 Å². The molecular weight excluding hydrogens is 376 g/mol. The first-order valence-corrected chi connectivity index (χ1v) is 10.2. The van der Waals surface area contributed by atoms with Gasteiger partial charge in [-0.3, -0.25) is 9.69 Å². The summed E-state index contributed by atoms with van der Waals surface area (Å²) in [5.74, 6) is 0.00516. The average molecular weight is 401 g/mol. The van der Waals surface area contributed by atoms with Gasteiger partial charge < -0.3 is 4.90 Å². The van der Waals surface area contributed by atoms with Crippen LogP contribution in [0.3, 0.4) is 0 Å². The number of aromatic nitrogens is 2. The maximum Gasteiger partial charge on any atom is 0.344 e. The molecule has 2 aliphatic heterocycles. The Morgan fingerprint density at radius 1 is 1.14 bits per heavy atom. The number of hydrogen-bond acceptors (Lipinski definition) is 4. The lowest BCUT2D eigenvalue weighted by Gasteiger charge is -2.24. The van der Waals surface area contributed by atoms with E-state index in [-0.39, 0.29) is 17.2 Å². The summed E-state index contributed by atoms with van der Waals surface area (Å²) in [5.41, 5.74) is 1.92. The molecule has 1 unspecified atom stereocenters. The van der Waals surface area contributed by atoms with E-state index in [0.29, 0.717) is 12.0 Å². The molecule has 2 aliphatic rings. The molecule has 0 saturated carbocycles. The Morgan fingerprint density at radius 3 is 2.64 bits per heavy atom. The quantitative estimate of drug-likeness (QED) is 0.734. The highest BCUT2D eigenvalue weighted by atomic mass is 35.5. The molecule has 1 aromatic heterocycles. The monoisotopic (exact) mass is 400 g/mol. The largest absolute Gasteiger partial charge is 0.344 e. The summed E-state index contributed by atoms with van der Waals surface area (Å²) in [6.45, 7) is 6.25. The van der Waals surface area contributed by atoms with Gasteiger partial charge in [0.2, 0.25) is 0 Å². The first-order chi connectivity index (χ1) is 13.5. The summed E-state index contributed by atoms with van der Waals surface area (Å²) in [6.07, 6.45) is 5.57. The molecule has 6 nitrogen and oxygen atoms in total. The molecule has 1 atom stereocenters. The first-order valence-electron chi connectivity index (χ1n) is 9.82. The topological polar surface area (TPSA) is 58.4 Å². The maximum absolute atomic E-state index is 12.8. The molecular formula is C21H25ClN4O2. The number of likely N-dealkylation sites (tertiary alicyclic amines) is 2. The number of rotatable bonds is 4. The maximum atomic E-state index is 12.8. The van der Waals surface area contributed by atoms with Crippen LogP contribution in [0.15, 0.2) is 36.7 Å². The summed E-state index contributed by atoms with van der Waals surface area (Å²) >= 11 is 5.97. The second-order valence-electron chi connectivity index (χ2n) is 7.99. The number of nitrogens with zero attached hydrogens (tertiary/aromatic N) is 4. The van der Waals surface area contributed by atoms with Crippen LogP contribution in [-0.4, -0.2) is 57.6 Å². The highest BCUT2D eigenvalue weighted by Crippen LogP contribution is 2.40. The fourth-order valence-electron chi connectivity index (χ4n) is 4.36. The Morgan fingerprint density at radius 2 is 1.89 bits per heavy atom. The minimum absolute atomic E-state index is 0.00516. The van der Waals surface area contributed by atoms with Crippen molar-refractivity contribution in [2.75, 3.05) is 26.2 Å². The van der Waals surface area contributed by atoms with Gasteiger partial charge in [-0.05, 0) is 37.1 Å². The Bertz CT molecular complexity index is 879. The van der Waals surface area contributed by atoms with Crippen molar-refractivity contribution in [3.63, 3.8) is 0 Å². The van der Waals surface area contributed by atoms with E-state index in [2.05, 4.69) is 22.1 Å². The number of ketones is 1. The van der Waals surface area contributed by atoms with Crippen molar-refractivity contribution in [1.82, 2.24) is 19.6 Å². The van der Waals surface area contributed by atoms with Crippen LogP contribution in [-0.2, 0) is 6.54 Å². The molecule has 2 fully saturated rings. The van der Waals surface area contributed by atoms with E-state index in [0.717, 1.165) is 50.6 Å². The molecule has 3 heterocycles. The van der Waals surface area contributed by atoms with E-state index in [1.165, 1.54) is 16.4 Å². The summed E-state index contributed by atoms with van der Waals surface area (Å²) in [7, 11) is 0. The van der Waals surface area contributed by atoms with Crippen LogP contribution >= 0.6 is 11.6 Å². The van der Waals surface area contributed by atoms with Gasteiger partial charge >= 0.3 is 6.03 Å². The lowest BCUT2D eigenvalue weighted by Crippen LogP contribution is -2.36. The number of amides is 1. The van der Waals surface area contributed by atoms with Gasteiger partial charge in [0.05, 0.1) is 11.8 Å². The molecule has 1 aromatic carbocycles. The SMILES string of the molecule is CCC(=O)c1cnn(C(=O)N2CCC3(CCN(Cc4ccc(Cl)cc4)C3)C2)c1. The fourth-order valence-corrected chi connectivity index (χ4v) is 4.49. The van der Waals surface area contributed by atoms with Crippen molar-refractivity contribution in [2.45, 2.75) is 32.7 Å². The zero-order valence-electron chi connectivity index (χ0n) is 16.1. The van der Waals surface area contributed by atoms with Gasteiger partial charge in [-0.1, -0.05) is 30.7 Å². The van der Waals surface area contributed by atoms with Gasteiger partial charge in [-0.2, -0.15) is 9.78 Å². The molecule has 0 N–H and O–H groups in total. The van der Waals surface area contributed by atoms with Gasteiger partial charge in [-0.15, -0.1) is 0 Å². The molecule has 2 aromatic rings. The average Bonchev–Trinajstić information content (AvgIpc) is 3.43. The predicted octanol–water partition coefficient (Wildman–Crippen LogP) is 3.70. The van der Waals surface area contributed by atoms with E-state index in [1.54, 1.807) is 6.20 Å². The van der Waals surface area contributed by atoms with Crippen molar-refractivity contribution in [1.29, 1.82) is 0 Å². The fraction of sp³-hybridized carbons (Fsp3) is 0.476. The van der Waals surface area contributed by atoms with Crippen LogP contribution in [0.4, 0.5) is 4.79 Å². The summed E-state index contributed by atoms with van der Waals surface area (Å²) in [5, 5.41) is 4.86. The molecule has 0 radical (unpaired) electrons. The van der Waals surface area contributed by atoms with E-state index in [9.17, 15) is 9.59 Å². The second-order valence-corrected chi connectivity index (χ2v) is 8.43. The Hall–Kier alpha value is -2.18. The van der Waals surface area contributed by atoms with Crippen molar-refractivity contribution >= 4 is 23.4 Å². The molecule has 4 rings (SSSR count). The third-order valence-corrected chi connectivity index (χ3v) is 6.22. The van der Waals surface area contributed by atoms with Gasteiger partial charge in [0.15, 0.2) is 5.78 Å².